The van der Waals surface area contributed by atoms with Crippen LogP contribution in [-0.2, 0) is 28.5 Å². The number of allylic oxidation sites excluding steroid dienone is 1. The lowest BCUT2D eigenvalue weighted by Gasteiger charge is -2.32. The zero-order valence-corrected chi connectivity index (χ0v) is 19.9. The standard InChI is InChI=1S/C23H27F5N2O6/c1-4-35-22(31)13-11(3)30-12(10-34-9-8-33-7-6-29)14(23(32)36-5-2)15(13)16-17(24)19(26)21(28)20(27)18(16)25/h15,30H,4-10,29H2,1-3H3. The number of nitrogens with two attached hydrogens (primary N) is 1. The van der Waals surface area contributed by atoms with Crippen molar-refractivity contribution in [3.8, 4) is 0 Å². The Morgan fingerprint density at radius 2 is 1.31 bits per heavy atom. The number of carbonyl (C=O) groups excluding carboxylic acids is 2. The van der Waals surface area contributed by atoms with Crippen LogP contribution in [-0.4, -0.2) is 58.1 Å². The number of carbonyl (C=O) groups is 2. The average Bonchev–Trinajstić information content (AvgIpc) is 2.83. The maximum atomic E-state index is 15.0. The number of halogens is 5. The number of esters is 2. The van der Waals surface area contributed by atoms with Crippen LogP contribution in [0.4, 0.5) is 22.0 Å². The quantitative estimate of drug-likeness (QED) is 0.142. The Kier molecular flexibility index (Phi) is 10.8. The van der Waals surface area contributed by atoms with Crippen molar-refractivity contribution in [3.05, 3.63) is 57.2 Å². The van der Waals surface area contributed by atoms with Crippen LogP contribution in [0, 0.1) is 29.1 Å². The van der Waals surface area contributed by atoms with Gasteiger partial charge in [0.15, 0.2) is 23.3 Å². The molecule has 0 saturated carbocycles. The molecule has 8 nitrogen and oxygen atoms in total. The summed E-state index contributed by atoms with van der Waals surface area (Å²) in [6, 6.07) is 0. The molecule has 0 bridgehead atoms. The molecule has 1 atom stereocenters. The molecule has 0 aromatic heterocycles. The maximum Gasteiger partial charge on any atom is 0.336 e. The van der Waals surface area contributed by atoms with E-state index in [1.165, 1.54) is 20.8 Å². The third kappa shape index (κ3) is 6.20. The lowest BCUT2D eigenvalue weighted by molar-refractivity contribution is -0.139. The molecule has 13 heteroatoms. The number of hydrogen-bond acceptors (Lipinski definition) is 8. The highest BCUT2D eigenvalue weighted by Gasteiger charge is 2.43. The van der Waals surface area contributed by atoms with E-state index in [0.29, 0.717) is 0 Å². The third-order valence-electron chi connectivity index (χ3n) is 5.05. The maximum absolute atomic E-state index is 15.0. The van der Waals surface area contributed by atoms with Gasteiger partial charge in [0, 0.05) is 17.8 Å². The molecule has 3 N–H and O–H groups in total. The van der Waals surface area contributed by atoms with E-state index in [1.807, 2.05) is 0 Å². The van der Waals surface area contributed by atoms with Gasteiger partial charge >= 0.3 is 11.9 Å². The summed E-state index contributed by atoms with van der Waals surface area (Å²) in [6.45, 7) is 4.17. The minimum absolute atomic E-state index is 0.0158. The average molecular weight is 522 g/mol. The molecule has 0 radical (unpaired) electrons. The highest BCUT2D eigenvalue weighted by atomic mass is 19.2. The predicted molar refractivity (Wildman–Crippen MR) is 116 cm³/mol. The minimum atomic E-state index is -2.39. The molecule has 1 aromatic carbocycles. The van der Waals surface area contributed by atoms with Gasteiger partial charge in [-0.15, -0.1) is 0 Å². The summed E-state index contributed by atoms with van der Waals surface area (Å²) in [5.74, 6) is -15.6. The Morgan fingerprint density at radius 1 is 0.806 bits per heavy atom. The van der Waals surface area contributed by atoms with Crippen molar-refractivity contribution < 1.29 is 50.5 Å². The molecule has 200 valence electrons. The van der Waals surface area contributed by atoms with Crippen LogP contribution in [0.5, 0.6) is 0 Å². The molecular weight excluding hydrogens is 495 g/mol. The minimum Gasteiger partial charge on any atom is -0.463 e. The molecule has 1 aliphatic rings. The topological polar surface area (TPSA) is 109 Å². The summed E-state index contributed by atoms with van der Waals surface area (Å²) >= 11 is 0. The van der Waals surface area contributed by atoms with E-state index in [1.54, 1.807) is 0 Å². The summed E-state index contributed by atoms with van der Waals surface area (Å²) in [5.41, 5.74) is 2.67. The Labute approximate surface area is 204 Å². The van der Waals surface area contributed by atoms with Crippen LogP contribution in [0.3, 0.4) is 0 Å². The number of dihydropyridines is 1. The molecule has 1 heterocycles. The van der Waals surface area contributed by atoms with E-state index in [0.717, 1.165) is 0 Å². The molecule has 0 aliphatic carbocycles. The molecule has 1 aliphatic heterocycles. The number of rotatable bonds is 12. The molecule has 1 unspecified atom stereocenters. The number of benzene rings is 1. The van der Waals surface area contributed by atoms with Gasteiger partial charge in [-0.1, -0.05) is 0 Å². The summed E-state index contributed by atoms with van der Waals surface area (Å²) in [6.07, 6.45) is 0. The van der Waals surface area contributed by atoms with Crippen molar-refractivity contribution in [2.24, 2.45) is 5.73 Å². The summed E-state index contributed by atoms with van der Waals surface area (Å²) in [7, 11) is 0. The predicted octanol–water partition coefficient (Wildman–Crippen LogP) is 2.72. The van der Waals surface area contributed by atoms with E-state index in [9.17, 15) is 31.5 Å². The number of ether oxygens (including phenoxy) is 4. The molecule has 0 saturated heterocycles. The van der Waals surface area contributed by atoms with Crippen LogP contribution in [0.25, 0.3) is 0 Å². The SMILES string of the molecule is CCOC(=O)C1=C(C)NC(COCCOCCN)=C(C(=O)OCC)C1c1c(F)c(F)c(F)c(F)c1F. The fourth-order valence-electron chi connectivity index (χ4n) is 3.58. The van der Waals surface area contributed by atoms with Gasteiger partial charge in [-0.05, 0) is 20.8 Å². The van der Waals surface area contributed by atoms with Gasteiger partial charge < -0.3 is 30.0 Å². The molecule has 1 aromatic rings. The first-order valence-corrected chi connectivity index (χ1v) is 11.0. The van der Waals surface area contributed by atoms with E-state index >= 15 is 0 Å². The van der Waals surface area contributed by atoms with E-state index < -0.39 is 63.7 Å². The van der Waals surface area contributed by atoms with Crippen LogP contribution < -0.4 is 11.1 Å². The van der Waals surface area contributed by atoms with Crippen LogP contribution in [0.1, 0.15) is 32.3 Å². The monoisotopic (exact) mass is 522 g/mol. The molecule has 0 fully saturated rings. The molecule has 0 amide bonds. The Bertz CT molecular complexity index is 1030. The largest absolute Gasteiger partial charge is 0.463 e. The lowest BCUT2D eigenvalue weighted by atomic mass is 9.79. The Morgan fingerprint density at radius 3 is 1.83 bits per heavy atom. The van der Waals surface area contributed by atoms with E-state index in [-0.39, 0.29) is 57.6 Å². The van der Waals surface area contributed by atoms with Crippen LogP contribution in [0.2, 0.25) is 0 Å². The Balaban J connectivity index is 2.73. The third-order valence-corrected chi connectivity index (χ3v) is 5.05. The summed E-state index contributed by atoms with van der Waals surface area (Å²) in [5, 5.41) is 2.74. The Hall–Kier alpha value is -3.03. The molecule has 2 rings (SSSR count). The van der Waals surface area contributed by atoms with Crippen molar-refractivity contribution in [3.63, 3.8) is 0 Å². The number of nitrogens with one attached hydrogen (secondary N) is 1. The molecular formula is C23H27F5N2O6. The zero-order valence-electron chi connectivity index (χ0n) is 19.9. The second-order valence-corrected chi connectivity index (χ2v) is 7.37. The second-order valence-electron chi connectivity index (χ2n) is 7.37. The fraction of sp³-hybridized carbons (Fsp3) is 0.478. The van der Waals surface area contributed by atoms with E-state index in [4.69, 9.17) is 24.7 Å². The van der Waals surface area contributed by atoms with Crippen molar-refractivity contribution in [2.45, 2.75) is 26.7 Å². The van der Waals surface area contributed by atoms with Gasteiger partial charge in [-0.25, -0.2) is 31.5 Å². The summed E-state index contributed by atoms with van der Waals surface area (Å²) < 4.78 is 92.6. The highest BCUT2D eigenvalue weighted by Crippen LogP contribution is 2.43. The number of hydrogen-bond donors (Lipinski definition) is 2. The molecule has 0 spiro atoms. The molecule has 36 heavy (non-hydrogen) atoms. The van der Waals surface area contributed by atoms with Crippen molar-refractivity contribution in [2.75, 3.05) is 46.2 Å². The normalized spacial score (nSPS) is 15.8. The highest BCUT2D eigenvalue weighted by molar-refractivity contribution is 6.00. The fourth-order valence-corrected chi connectivity index (χ4v) is 3.58. The van der Waals surface area contributed by atoms with Gasteiger partial charge in [-0.2, -0.15) is 0 Å². The first-order valence-electron chi connectivity index (χ1n) is 11.0. The first kappa shape index (κ1) is 29.2. The smallest absolute Gasteiger partial charge is 0.336 e. The lowest BCUT2D eigenvalue weighted by Crippen LogP contribution is -2.36. The van der Waals surface area contributed by atoms with Crippen LogP contribution in [0.15, 0.2) is 22.5 Å². The van der Waals surface area contributed by atoms with Crippen molar-refractivity contribution in [1.82, 2.24) is 5.32 Å². The summed E-state index contributed by atoms with van der Waals surface area (Å²) in [4.78, 5) is 25.7. The zero-order chi connectivity index (χ0) is 27.0. The van der Waals surface area contributed by atoms with Crippen molar-refractivity contribution >= 4 is 11.9 Å². The van der Waals surface area contributed by atoms with Gasteiger partial charge in [-0.3, -0.25) is 0 Å². The van der Waals surface area contributed by atoms with Gasteiger partial charge in [0.1, 0.15) is 0 Å². The van der Waals surface area contributed by atoms with Gasteiger partial charge in [0.2, 0.25) is 5.82 Å². The van der Waals surface area contributed by atoms with E-state index in [2.05, 4.69) is 5.32 Å². The van der Waals surface area contributed by atoms with Gasteiger partial charge in [0.25, 0.3) is 0 Å². The van der Waals surface area contributed by atoms with Gasteiger partial charge in [0.05, 0.1) is 62.4 Å². The second kappa shape index (κ2) is 13.3. The van der Waals surface area contributed by atoms with Crippen molar-refractivity contribution in [1.29, 1.82) is 0 Å². The van der Waals surface area contributed by atoms with Crippen LogP contribution >= 0.6 is 0 Å². The first-order chi connectivity index (χ1) is 17.1.